The molecule has 1 heterocycles. The normalized spacial score (nSPS) is 28.7. The van der Waals surface area contributed by atoms with Crippen molar-refractivity contribution < 1.29 is 0 Å². The first kappa shape index (κ1) is 7.07. The first-order valence-electron chi connectivity index (χ1n) is 4.01. The second-order valence-corrected chi connectivity index (χ2v) is 3.18. The standard InChI is InChI=1S/C8H17N/c1-4-8-5-6-9(8)7(2)3/h7-8H,4-6H2,1-3H3. The highest BCUT2D eigenvalue weighted by Crippen LogP contribution is 2.22. The Bertz CT molecular complexity index is 86.6. The lowest BCUT2D eigenvalue weighted by atomic mass is 9.98. The number of nitrogens with zero attached hydrogens (tertiary/aromatic N) is 1. The molecule has 0 aromatic carbocycles. The smallest absolute Gasteiger partial charge is 0.0107 e. The molecule has 1 aliphatic heterocycles. The zero-order valence-electron chi connectivity index (χ0n) is 6.72. The summed E-state index contributed by atoms with van der Waals surface area (Å²) in [5.41, 5.74) is 0. The molecule has 1 rings (SSSR count). The van der Waals surface area contributed by atoms with Crippen LogP contribution in [0.15, 0.2) is 0 Å². The summed E-state index contributed by atoms with van der Waals surface area (Å²) >= 11 is 0. The van der Waals surface area contributed by atoms with E-state index in [0.717, 1.165) is 12.1 Å². The Hall–Kier alpha value is -0.0400. The average molecular weight is 127 g/mol. The summed E-state index contributed by atoms with van der Waals surface area (Å²) in [4.78, 5) is 2.57. The minimum Gasteiger partial charge on any atom is -0.298 e. The Labute approximate surface area is 58.0 Å². The zero-order chi connectivity index (χ0) is 6.85. The molecule has 0 aliphatic carbocycles. The molecule has 0 aromatic heterocycles. The van der Waals surface area contributed by atoms with Crippen molar-refractivity contribution in [3.63, 3.8) is 0 Å². The van der Waals surface area contributed by atoms with E-state index in [2.05, 4.69) is 25.7 Å². The molecule has 0 amide bonds. The van der Waals surface area contributed by atoms with Crippen molar-refractivity contribution in [3.05, 3.63) is 0 Å². The molecular weight excluding hydrogens is 110 g/mol. The van der Waals surface area contributed by atoms with Crippen LogP contribution in [0.25, 0.3) is 0 Å². The molecule has 0 N–H and O–H groups in total. The predicted molar refractivity (Wildman–Crippen MR) is 40.5 cm³/mol. The van der Waals surface area contributed by atoms with Crippen LogP contribution in [-0.4, -0.2) is 23.5 Å². The summed E-state index contributed by atoms with van der Waals surface area (Å²) in [6.45, 7) is 8.17. The molecule has 54 valence electrons. The van der Waals surface area contributed by atoms with Crippen molar-refractivity contribution in [3.8, 4) is 0 Å². The molecule has 0 aromatic rings. The van der Waals surface area contributed by atoms with Crippen LogP contribution < -0.4 is 0 Å². The fourth-order valence-electron chi connectivity index (χ4n) is 1.58. The number of hydrogen-bond acceptors (Lipinski definition) is 1. The highest BCUT2D eigenvalue weighted by atomic mass is 15.2. The third kappa shape index (κ3) is 1.26. The van der Waals surface area contributed by atoms with Gasteiger partial charge in [-0.1, -0.05) is 6.92 Å². The minimum atomic E-state index is 0.767. The first-order valence-corrected chi connectivity index (χ1v) is 4.01. The van der Waals surface area contributed by atoms with E-state index in [0.29, 0.717) is 0 Å². The molecule has 9 heavy (non-hydrogen) atoms. The molecule has 1 saturated heterocycles. The van der Waals surface area contributed by atoms with Gasteiger partial charge in [-0.25, -0.2) is 0 Å². The van der Waals surface area contributed by atoms with Crippen LogP contribution in [0.2, 0.25) is 0 Å². The van der Waals surface area contributed by atoms with Crippen LogP contribution in [0, 0.1) is 0 Å². The molecule has 1 heteroatoms. The predicted octanol–water partition coefficient (Wildman–Crippen LogP) is 1.88. The maximum absolute atomic E-state index is 2.57. The van der Waals surface area contributed by atoms with Gasteiger partial charge in [-0.15, -0.1) is 0 Å². The van der Waals surface area contributed by atoms with Gasteiger partial charge in [-0.3, -0.25) is 4.90 Å². The number of likely N-dealkylation sites (tertiary alicyclic amines) is 1. The van der Waals surface area contributed by atoms with Gasteiger partial charge < -0.3 is 0 Å². The van der Waals surface area contributed by atoms with Gasteiger partial charge >= 0.3 is 0 Å². The minimum absolute atomic E-state index is 0.767. The molecular formula is C8H17N. The van der Waals surface area contributed by atoms with Crippen molar-refractivity contribution in [2.24, 2.45) is 0 Å². The van der Waals surface area contributed by atoms with Gasteiger partial charge in [0, 0.05) is 18.6 Å². The SMILES string of the molecule is CCC1CCN1C(C)C. The van der Waals surface area contributed by atoms with Gasteiger partial charge in [0.05, 0.1) is 0 Å². The maximum Gasteiger partial charge on any atom is 0.0107 e. The Morgan fingerprint density at radius 2 is 2.22 bits per heavy atom. The third-order valence-electron chi connectivity index (χ3n) is 2.32. The van der Waals surface area contributed by atoms with Gasteiger partial charge in [-0.05, 0) is 26.7 Å². The molecule has 0 saturated carbocycles. The highest BCUT2D eigenvalue weighted by Gasteiger charge is 2.27. The number of rotatable bonds is 2. The van der Waals surface area contributed by atoms with Crippen molar-refractivity contribution >= 4 is 0 Å². The number of hydrogen-bond donors (Lipinski definition) is 0. The van der Waals surface area contributed by atoms with E-state index < -0.39 is 0 Å². The third-order valence-corrected chi connectivity index (χ3v) is 2.32. The lowest BCUT2D eigenvalue weighted by Crippen LogP contribution is -2.50. The molecule has 1 unspecified atom stereocenters. The summed E-state index contributed by atoms with van der Waals surface area (Å²) in [7, 11) is 0. The average Bonchev–Trinajstić information content (AvgIpc) is 1.61. The lowest BCUT2D eigenvalue weighted by Gasteiger charge is -2.43. The summed E-state index contributed by atoms with van der Waals surface area (Å²) in [6.07, 6.45) is 2.76. The summed E-state index contributed by atoms with van der Waals surface area (Å²) in [5, 5.41) is 0. The van der Waals surface area contributed by atoms with Crippen LogP contribution in [0.5, 0.6) is 0 Å². The zero-order valence-corrected chi connectivity index (χ0v) is 6.72. The fraction of sp³-hybridized carbons (Fsp3) is 1.00. The van der Waals surface area contributed by atoms with E-state index in [-0.39, 0.29) is 0 Å². The van der Waals surface area contributed by atoms with Crippen LogP contribution >= 0.6 is 0 Å². The first-order chi connectivity index (χ1) is 4.25. The summed E-state index contributed by atoms with van der Waals surface area (Å²) in [6, 6.07) is 1.67. The Balaban J connectivity index is 2.27. The van der Waals surface area contributed by atoms with Crippen LogP contribution in [0.4, 0.5) is 0 Å². The van der Waals surface area contributed by atoms with Crippen molar-refractivity contribution in [2.75, 3.05) is 6.54 Å². The van der Waals surface area contributed by atoms with E-state index in [1.54, 1.807) is 0 Å². The largest absolute Gasteiger partial charge is 0.298 e. The Morgan fingerprint density at radius 1 is 1.56 bits per heavy atom. The monoisotopic (exact) mass is 127 g/mol. The van der Waals surface area contributed by atoms with Crippen molar-refractivity contribution in [1.82, 2.24) is 4.90 Å². The second kappa shape index (κ2) is 2.70. The summed E-state index contributed by atoms with van der Waals surface area (Å²) in [5.74, 6) is 0. The van der Waals surface area contributed by atoms with Crippen molar-refractivity contribution in [2.45, 2.75) is 45.7 Å². The lowest BCUT2D eigenvalue weighted by molar-refractivity contribution is 0.0542. The molecule has 1 nitrogen and oxygen atoms in total. The van der Waals surface area contributed by atoms with Gasteiger partial charge in [-0.2, -0.15) is 0 Å². The van der Waals surface area contributed by atoms with E-state index >= 15 is 0 Å². The van der Waals surface area contributed by atoms with E-state index in [4.69, 9.17) is 0 Å². The molecule has 1 atom stereocenters. The topological polar surface area (TPSA) is 3.24 Å². The molecule has 0 radical (unpaired) electrons. The molecule has 0 bridgehead atoms. The van der Waals surface area contributed by atoms with Gasteiger partial charge in [0.1, 0.15) is 0 Å². The fourth-order valence-corrected chi connectivity index (χ4v) is 1.58. The van der Waals surface area contributed by atoms with E-state index in [1.165, 1.54) is 19.4 Å². The van der Waals surface area contributed by atoms with Gasteiger partial charge in [0.25, 0.3) is 0 Å². The van der Waals surface area contributed by atoms with Crippen molar-refractivity contribution in [1.29, 1.82) is 0 Å². The Morgan fingerprint density at radius 3 is 2.33 bits per heavy atom. The molecule has 1 fully saturated rings. The van der Waals surface area contributed by atoms with Crippen LogP contribution in [-0.2, 0) is 0 Å². The van der Waals surface area contributed by atoms with E-state index in [9.17, 15) is 0 Å². The highest BCUT2D eigenvalue weighted by molar-refractivity contribution is 4.83. The second-order valence-electron chi connectivity index (χ2n) is 3.18. The molecule has 1 aliphatic rings. The maximum atomic E-state index is 2.57. The molecule has 0 spiro atoms. The summed E-state index contributed by atoms with van der Waals surface area (Å²) < 4.78 is 0. The van der Waals surface area contributed by atoms with Crippen LogP contribution in [0.3, 0.4) is 0 Å². The van der Waals surface area contributed by atoms with E-state index in [1.807, 2.05) is 0 Å². The van der Waals surface area contributed by atoms with Gasteiger partial charge in [0.15, 0.2) is 0 Å². The van der Waals surface area contributed by atoms with Crippen LogP contribution in [0.1, 0.15) is 33.6 Å². The van der Waals surface area contributed by atoms with Gasteiger partial charge in [0.2, 0.25) is 0 Å². The quantitative estimate of drug-likeness (QED) is 0.547. The Kier molecular flexibility index (Phi) is 2.12.